The van der Waals surface area contributed by atoms with Crippen LogP contribution in [0.4, 0.5) is 4.39 Å². The predicted octanol–water partition coefficient (Wildman–Crippen LogP) is 4.71. The van der Waals surface area contributed by atoms with E-state index in [2.05, 4.69) is 13.8 Å². The van der Waals surface area contributed by atoms with Gasteiger partial charge in [0.2, 0.25) is 5.78 Å². The third-order valence-electron chi connectivity index (χ3n) is 8.48. The average molecular weight is 459 g/mol. The molecule has 7 heteroatoms. The zero-order valence-electron chi connectivity index (χ0n) is 17.8. The smallest absolute Gasteiger partial charge is 0.305 e. The van der Waals surface area contributed by atoms with Gasteiger partial charge in [-0.3, -0.25) is 9.59 Å². The maximum absolute atomic E-state index is 14.9. The molecule has 1 N–H and O–H groups in total. The first-order valence-corrected chi connectivity index (χ1v) is 11.6. The second-order valence-electron chi connectivity index (χ2n) is 10.0. The van der Waals surface area contributed by atoms with Gasteiger partial charge in [0.1, 0.15) is 6.10 Å². The van der Waals surface area contributed by atoms with Crippen molar-refractivity contribution in [3.8, 4) is 0 Å². The van der Waals surface area contributed by atoms with Gasteiger partial charge in [0.05, 0.1) is 16.4 Å². The van der Waals surface area contributed by atoms with Crippen molar-refractivity contribution in [2.45, 2.75) is 75.8 Å². The quantitative estimate of drug-likeness (QED) is 0.480. The molecule has 4 rings (SSSR count). The molecule has 4 aliphatic carbocycles. The molecule has 4 aliphatic rings. The van der Waals surface area contributed by atoms with Crippen molar-refractivity contribution in [3.05, 3.63) is 23.6 Å². The normalized spacial score (nSPS) is 50.1. The molecular formula is C23H29Cl2FO4. The minimum atomic E-state index is -1.20. The summed E-state index contributed by atoms with van der Waals surface area (Å²) in [4.78, 5) is 22.9. The fraction of sp³-hybridized carbons (Fsp3) is 0.739. The Bertz CT molecular complexity index is 856. The molecular weight excluding hydrogens is 430 g/mol. The standard InChI is InChI=1S/C23H29Cl2FO4/c1-5-17(29)30-20-11(2)8-12-13-9-14(24)18-19(26)15(27)6-7-22(18,4)23(13,25)16(28)10-21(12,20)3/h6-7,11-14,16,20,28H,5,8-10H2,1-4H3/t11-,12+,13+,14+,16+,20-,21+,22+,23+/m1/s1. The fourth-order valence-corrected chi connectivity index (χ4v) is 8.09. The number of hydrogen-bond donors (Lipinski definition) is 1. The Hall–Kier alpha value is -0.910. The lowest BCUT2D eigenvalue weighted by Gasteiger charge is -2.63. The lowest BCUT2D eigenvalue weighted by molar-refractivity contribution is -0.167. The summed E-state index contributed by atoms with van der Waals surface area (Å²) < 4.78 is 20.8. The van der Waals surface area contributed by atoms with Crippen LogP contribution in [0.25, 0.3) is 0 Å². The summed E-state index contributed by atoms with van der Waals surface area (Å²) >= 11 is 14.0. The van der Waals surface area contributed by atoms with Crippen molar-refractivity contribution in [3.63, 3.8) is 0 Å². The number of rotatable bonds is 2. The summed E-state index contributed by atoms with van der Waals surface area (Å²) in [7, 11) is 0. The van der Waals surface area contributed by atoms with Gasteiger partial charge in [-0.25, -0.2) is 4.39 Å². The van der Waals surface area contributed by atoms with Gasteiger partial charge >= 0.3 is 5.97 Å². The van der Waals surface area contributed by atoms with E-state index in [0.717, 1.165) is 6.42 Å². The SMILES string of the molecule is CCC(=O)O[C@@H]1[C@H](C)C[C@H]2[C@@H]3C[C@H](Cl)C4=C(F)C(=O)C=C[C@]4(C)[C@@]3(Cl)[C@@H](O)C[C@]12C. The van der Waals surface area contributed by atoms with E-state index in [1.807, 2.05) is 0 Å². The summed E-state index contributed by atoms with van der Waals surface area (Å²) in [6.07, 6.45) is 3.32. The van der Waals surface area contributed by atoms with Gasteiger partial charge in [-0.05, 0) is 48.7 Å². The van der Waals surface area contributed by atoms with Crippen molar-refractivity contribution in [1.82, 2.24) is 0 Å². The minimum Gasteiger partial charge on any atom is -0.461 e. The van der Waals surface area contributed by atoms with Crippen LogP contribution in [0.15, 0.2) is 23.6 Å². The van der Waals surface area contributed by atoms with Crippen LogP contribution in [0.2, 0.25) is 0 Å². The Morgan fingerprint density at radius 1 is 1.33 bits per heavy atom. The zero-order chi connectivity index (χ0) is 22.2. The van der Waals surface area contributed by atoms with Crippen molar-refractivity contribution in [2.24, 2.45) is 28.6 Å². The van der Waals surface area contributed by atoms with Crippen LogP contribution in [0.1, 0.15) is 53.4 Å². The van der Waals surface area contributed by atoms with Gasteiger partial charge in [0.25, 0.3) is 0 Å². The highest BCUT2D eigenvalue weighted by Crippen LogP contribution is 2.70. The molecule has 9 atom stereocenters. The van der Waals surface area contributed by atoms with Gasteiger partial charge in [-0.2, -0.15) is 0 Å². The maximum atomic E-state index is 14.9. The van der Waals surface area contributed by atoms with E-state index < -0.39 is 38.8 Å². The Balaban J connectivity index is 1.81. The Morgan fingerprint density at radius 3 is 2.63 bits per heavy atom. The lowest BCUT2D eigenvalue weighted by Crippen LogP contribution is -2.68. The molecule has 0 unspecified atom stereocenters. The molecule has 0 radical (unpaired) electrons. The molecule has 0 aliphatic heterocycles. The largest absolute Gasteiger partial charge is 0.461 e. The number of ketones is 1. The highest BCUT2D eigenvalue weighted by molar-refractivity contribution is 6.28. The van der Waals surface area contributed by atoms with Crippen LogP contribution in [0.3, 0.4) is 0 Å². The number of ether oxygens (including phenoxy) is 1. The number of aliphatic hydroxyl groups is 1. The van der Waals surface area contributed by atoms with Crippen molar-refractivity contribution < 1.29 is 23.8 Å². The van der Waals surface area contributed by atoms with Gasteiger partial charge < -0.3 is 9.84 Å². The van der Waals surface area contributed by atoms with E-state index >= 15 is 0 Å². The molecule has 3 saturated carbocycles. The summed E-state index contributed by atoms with van der Waals surface area (Å²) in [5.41, 5.74) is -1.34. The molecule has 0 aromatic heterocycles. The number of carbonyl (C=O) groups is 2. The third kappa shape index (κ3) is 2.67. The zero-order valence-corrected chi connectivity index (χ0v) is 19.3. The monoisotopic (exact) mass is 458 g/mol. The van der Waals surface area contributed by atoms with E-state index in [-0.39, 0.29) is 35.4 Å². The summed E-state index contributed by atoms with van der Waals surface area (Å²) in [5, 5.41) is 10.7. The van der Waals surface area contributed by atoms with Gasteiger partial charge in [0.15, 0.2) is 5.83 Å². The Morgan fingerprint density at radius 2 is 2.00 bits per heavy atom. The number of hydrogen-bond acceptors (Lipinski definition) is 4. The maximum Gasteiger partial charge on any atom is 0.305 e. The Kier molecular flexibility index (Phi) is 5.24. The van der Waals surface area contributed by atoms with E-state index in [1.165, 1.54) is 6.08 Å². The van der Waals surface area contributed by atoms with Crippen molar-refractivity contribution in [1.29, 1.82) is 0 Å². The molecule has 166 valence electrons. The minimum absolute atomic E-state index is 0.0526. The second kappa shape index (κ2) is 7.05. The van der Waals surface area contributed by atoms with Crippen LogP contribution in [0, 0.1) is 28.6 Å². The summed E-state index contributed by atoms with van der Waals surface area (Å²) in [6.45, 7) is 7.66. The third-order valence-corrected chi connectivity index (χ3v) is 9.80. The number of esters is 1. The van der Waals surface area contributed by atoms with Gasteiger partial charge in [-0.1, -0.05) is 33.8 Å². The second-order valence-corrected chi connectivity index (χ2v) is 11.2. The molecule has 30 heavy (non-hydrogen) atoms. The van der Waals surface area contributed by atoms with Crippen molar-refractivity contribution >= 4 is 35.0 Å². The topological polar surface area (TPSA) is 63.6 Å². The number of alkyl halides is 2. The summed E-state index contributed by atoms with van der Waals surface area (Å²) in [5.74, 6) is -1.87. The van der Waals surface area contributed by atoms with E-state index in [0.29, 0.717) is 19.3 Å². The molecule has 0 saturated heterocycles. The first kappa shape index (κ1) is 22.3. The van der Waals surface area contributed by atoms with Crippen molar-refractivity contribution in [2.75, 3.05) is 0 Å². The number of carbonyl (C=O) groups excluding carboxylic acids is 2. The van der Waals surface area contributed by atoms with Crippen LogP contribution in [0.5, 0.6) is 0 Å². The first-order chi connectivity index (χ1) is 13.9. The molecule has 4 nitrogen and oxygen atoms in total. The van der Waals surface area contributed by atoms with Gasteiger partial charge in [0, 0.05) is 17.3 Å². The molecule has 3 fully saturated rings. The highest BCUT2D eigenvalue weighted by atomic mass is 35.5. The highest BCUT2D eigenvalue weighted by Gasteiger charge is 2.72. The van der Waals surface area contributed by atoms with Crippen LogP contribution in [-0.4, -0.2) is 39.3 Å². The predicted molar refractivity (Wildman–Crippen MR) is 113 cm³/mol. The summed E-state index contributed by atoms with van der Waals surface area (Å²) in [6, 6.07) is 0. The number of halogens is 3. The fourth-order valence-electron chi connectivity index (χ4n) is 7.10. The molecule has 0 spiro atoms. The molecule has 0 aromatic rings. The molecule has 0 aromatic carbocycles. The van der Waals surface area contributed by atoms with Crippen LogP contribution < -0.4 is 0 Å². The van der Waals surface area contributed by atoms with E-state index in [9.17, 15) is 19.1 Å². The molecule has 0 amide bonds. The van der Waals surface area contributed by atoms with Crippen LogP contribution >= 0.6 is 23.2 Å². The number of aliphatic hydroxyl groups excluding tert-OH is 1. The average Bonchev–Trinajstić information content (AvgIpc) is 2.92. The number of allylic oxidation sites excluding steroid dienone is 4. The lowest BCUT2D eigenvalue weighted by atomic mass is 9.46. The van der Waals surface area contributed by atoms with Gasteiger partial charge in [-0.15, -0.1) is 23.2 Å². The first-order valence-electron chi connectivity index (χ1n) is 10.8. The molecule has 0 bridgehead atoms. The number of fused-ring (bicyclic) bond motifs is 5. The van der Waals surface area contributed by atoms with E-state index in [4.69, 9.17) is 27.9 Å². The Labute approximate surface area is 186 Å². The van der Waals surface area contributed by atoms with E-state index in [1.54, 1.807) is 19.9 Å². The van der Waals surface area contributed by atoms with Crippen LogP contribution in [-0.2, 0) is 14.3 Å². The molecule has 0 heterocycles.